The van der Waals surface area contributed by atoms with E-state index in [0.717, 1.165) is 4.57 Å². The van der Waals surface area contributed by atoms with Crippen molar-refractivity contribution in [3.63, 3.8) is 0 Å². The van der Waals surface area contributed by atoms with Crippen LogP contribution >= 0.6 is 30.2 Å². The van der Waals surface area contributed by atoms with Crippen LogP contribution in [0.1, 0.15) is 66.0 Å². The van der Waals surface area contributed by atoms with Crippen LogP contribution in [0, 0.1) is 3.57 Å². The van der Waals surface area contributed by atoms with Gasteiger partial charge in [-0.15, -0.1) is 0 Å². The number of aliphatic hydroxyl groups excluding tert-OH is 2. The zero-order chi connectivity index (χ0) is 24.5. The van der Waals surface area contributed by atoms with Crippen LogP contribution in [0.5, 0.6) is 0 Å². The van der Waals surface area contributed by atoms with E-state index in [0.29, 0.717) is 0 Å². The van der Waals surface area contributed by atoms with Crippen molar-refractivity contribution in [2.75, 3.05) is 0 Å². The summed E-state index contributed by atoms with van der Waals surface area (Å²) >= 11 is 1.73. The quantitative estimate of drug-likeness (QED) is 0.200. The molecule has 1 aromatic heterocycles. The molecule has 1 aliphatic rings. The minimum atomic E-state index is -4.49. The topological polar surface area (TPSA) is 171 Å². The summed E-state index contributed by atoms with van der Waals surface area (Å²) in [6.07, 6.45) is -3.53. The van der Waals surface area contributed by atoms with Crippen LogP contribution in [-0.4, -0.2) is 59.0 Å². The second-order valence-electron chi connectivity index (χ2n) is 8.09. The van der Waals surface area contributed by atoms with Crippen molar-refractivity contribution in [3.05, 3.63) is 30.6 Å². The van der Waals surface area contributed by atoms with Crippen LogP contribution < -0.4 is 11.2 Å². The minimum absolute atomic E-state index is 0.0118. The van der Waals surface area contributed by atoms with E-state index in [1.807, 2.05) is 0 Å². The van der Waals surface area contributed by atoms with Crippen molar-refractivity contribution in [2.24, 2.45) is 0 Å². The maximum absolute atomic E-state index is 13.0. The van der Waals surface area contributed by atoms with E-state index in [9.17, 15) is 34.4 Å². The number of rotatable bonds is 10. The van der Waals surface area contributed by atoms with E-state index >= 15 is 0 Å². The lowest BCUT2D eigenvalue weighted by Gasteiger charge is -2.40. The molecule has 0 amide bonds. The SMILES string of the molecule is CCC(CC)(C[C@H]1O[C@@H](n2cc(I)c(=O)[nH]c2=O)[C@H](O)[C@@H]1O)OP(=O)(O)C(O)(CC)CC. The monoisotopic (exact) mass is 590 g/mol. The number of H-pyrrole nitrogens is 1. The largest absolute Gasteiger partial charge is 0.388 e. The number of nitrogens with one attached hydrogen (secondary N) is 1. The van der Waals surface area contributed by atoms with Gasteiger partial charge in [0, 0.05) is 12.6 Å². The predicted molar refractivity (Wildman–Crippen MR) is 124 cm³/mol. The standard InChI is InChI=1S/C19H32IN2O9P/c1-5-18(6-2,31-32(28,29)19(27,7-3)8-4)9-12-13(23)14(24)16(30-12)22-10-11(20)15(25)21-17(22)26/h10,12-14,16,23-24,27H,5-9H2,1-4H3,(H,28,29)(H,21,25,26)/t12-,13-,14-,16-/m1/s1. The van der Waals surface area contributed by atoms with Gasteiger partial charge in [-0.3, -0.25) is 23.4 Å². The number of aliphatic hydroxyl groups is 3. The summed E-state index contributed by atoms with van der Waals surface area (Å²) < 4.78 is 25.6. The molecule has 2 rings (SSSR count). The molecule has 11 nitrogen and oxygen atoms in total. The summed E-state index contributed by atoms with van der Waals surface area (Å²) in [5.41, 5.74) is -2.64. The Kier molecular flexibility index (Phi) is 8.94. The van der Waals surface area contributed by atoms with Crippen LogP contribution in [0.3, 0.4) is 0 Å². The van der Waals surface area contributed by atoms with Crippen LogP contribution in [0.15, 0.2) is 15.8 Å². The van der Waals surface area contributed by atoms with Gasteiger partial charge in [-0.05, 0) is 48.3 Å². The van der Waals surface area contributed by atoms with Crippen molar-refractivity contribution in [1.82, 2.24) is 9.55 Å². The molecule has 5 N–H and O–H groups in total. The van der Waals surface area contributed by atoms with Gasteiger partial charge in [0.1, 0.15) is 12.2 Å². The highest BCUT2D eigenvalue weighted by Crippen LogP contribution is 2.61. The minimum Gasteiger partial charge on any atom is -0.388 e. The molecular formula is C19H32IN2O9P. The molecular weight excluding hydrogens is 558 g/mol. The third-order valence-corrected chi connectivity index (χ3v) is 9.46. The highest BCUT2D eigenvalue weighted by atomic mass is 127. The van der Waals surface area contributed by atoms with Crippen molar-refractivity contribution >= 4 is 30.2 Å². The number of nitrogens with zero attached hydrogens (tertiary/aromatic N) is 1. The van der Waals surface area contributed by atoms with Crippen LogP contribution in [-0.2, 0) is 13.8 Å². The second kappa shape index (κ2) is 10.3. The lowest BCUT2D eigenvalue weighted by molar-refractivity contribution is -0.0782. The molecule has 1 aliphatic heterocycles. The Morgan fingerprint density at radius 2 is 1.72 bits per heavy atom. The van der Waals surface area contributed by atoms with E-state index in [4.69, 9.17) is 9.26 Å². The molecule has 184 valence electrons. The number of halogens is 1. The predicted octanol–water partition coefficient (Wildman–Crippen LogP) is 1.42. The van der Waals surface area contributed by atoms with Gasteiger partial charge in [-0.1, -0.05) is 27.7 Å². The Labute approximate surface area is 199 Å². The maximum Gasteiger partial charge on any atom is 0.359 e. The number of aromatic amines is 1. The summed E-state index contributed by atoms with van der Waals surface area (Å²) in [6, 6.07) is 0. The fourth-order valence-electron chi connectivity index (χ4n) is 3.85. The number of aromatic nitrogens is 2. The fourth-order valence-corrected chi connectivity index (χ4v) is 6.11. The molecule has 0 aliphatic carbocycles. The van der Waals surface area contributed by atoms with Crippen LogP contribution in [0.25, 0.3) is 0 Å². The highest BCUT2D eigenvalue weighted by molar-refractivity contribution is 14.1. The molecule has 2 heterocycles. The Hall–Kier alpha value is -0.600. The average Bonchev–Trinajstić information content (AvgIpc) is 3.02. The summed E-state index contributed by atoms with van der Waals surface area (Å²) in [4.78, 5) is 36.5. The lowest BCUT2D eigenvalue weighted by Crippen LogP contribution is -2.42. The number of ether oxygens (including phenoxy) is 1. The number of hydrogen-bond acceptors (Lipinski definition) is 8. The Morgan fingerprint density at radius 3 is 2.22 bits per heavy atom. The van der Waals surface area contributed by atoms with Gasteiger partial charge < -0.3 is 24.9 Å². The van der Waals surface area contributed by atoms with Gasteiger partial charge >= 0.3 is 13.3 Å². The average molecular weight is 590 g/mol. The van der Waals surface area contributed by atoms with Gasteiger partial charge in [0.05, 0.1) is 15.3 Å². The van der Waals surface area contributed by atoms with Gasteiger partial charge in [-0.25, -0.2) is 4.79 Å². The lowest BCUT2D eigenvalue weighted by atomic mass is 9.88. The van der Waals surface area contributed by atoms with Crippen LogP contribution in [0.2, 0.25) is 0 Å². The molecule has 1 aromatic rings. The van der Waals surface area contributed by atoms with Gasteiger partial charge in [0.25, 0.3) is 5.56 Å². The first-order chi connectivity index (χ1) is 14.8. The summed E-state index contributed by atoms with van der Waals surface area (Å²) in [5.74, 6) is 0. The van der Waals surface area contributed by atoms with Gasteiger partial charge in [0.15, 0.2) is 11.6 Å². The van der Waals surface area contributed by atoms with E-state index in [-0.39, 0.29) is 35.7 Å². The molecule has 13 heteroatoms. The van der Waals surface area contributed by atoms with Gasteiger partial charge in [0.2, 0.25) is 0 Å². The van der Waals surface area contributed by atoms with Crippen molar-refractivity contribution in [2.45, 2.75) is 95.3 Å². The van der Waals surface area contributed by atoms with Crippen LogP contribution in [0.4, 0.5) is 0 Å². The molecule has 0 aromatic carbocycles. The van der Waals surface area contributed by atoms with Gasteiger partial charge in [-0.2, -0.15) is 0 Å². The Balaban J connectivity index is 2.34. The second-order valence-corrected chi connectivity index (χ2v) is 11.3. The molecule has 32 heavy (non-hydrogen) atoms. The molecule has 0 saturated carbocycles. The molecule has 0 bridgehead atoms. The van der Waals surface area contributed by atoms with E-state index < -0.39 is 54.3 Å². The van der Waals surface area contributed by atoms with E-state index in [2.05, 4.69) is 4.98 Å². The third kappa shape index (κ3) is 5.22. The maximum atomic E-state index is 13.0. The third-order valence-electron chi connectivity index (χ3n) is 6.37. The molecule has 1 unspecified atom stereocenters. The summed E-state index contributed by atoms with van der Waals surface area (Å²) in [5, 5.41) is 29.8. The zero-order valence-corrected chi connectivity index (χ0v) is 21.6. The first kappa shape index (κ1) is 27.6. The molecule has 5 atom stereocenters. The van der Waals surface area contributed by atoms with Crippen molar-refractivity contribution < 1.29 is 34.0 Å². The van der Waals surface area contributed by atoms with E-state index in [1.165, 1.54) is 6.20 Å². The highest BCUT2D eigenvalue weighted by Gasteiger charge is 2.52. The van der Waals surface area contributed by atoms with Crippen molar-refractivity contribution in [1.29, 1.82) is 0 Å². The normalized spacial score (nSPS) is 26.3. The molecule has 1 fully saturated rings. The molecule has 1 saturated heterocycles. The smallest absolute Gasteiger partial charge is 0.359 e. The Morgan fingerprint density at radius 1 is 1.16 bits per heavy atom. The first-order valence-corrected chi connectivity index (χ1v) is 13.2. The summed E-state index contributed by atoms with van der Waals surface area (Å²) in [7, 11) is -4.49. The first-order valence-electron chi connectivity index (χ1n) is 10.6. The zero-order valence-electron chi connectivity index (χ0n) is 18.5. The molecule has 0 spiro atoms. The summed E-state index contributed by atoms with van der Waals surface area (Å²) in [6.45, 7) is 6.65. The fraction of sp³-hybridized carbons (Fsp3) is 0.789. The van der Waals surface area contributed by atoms with E-state index in [1.54, 1.807) is 50.3 Å². The Bertz CT molecular complexity index is 957. The molecule has 0 radical (unpaired) electrons. The van der Waals surface area contributed by atoms with Crippen molar-refractivity contribution in [3.8, 4) is 0 Å². The number of hydrogen-bond donors (Lipinski definition) is 5.